The second kappa shape index (κ2) is 4.95. The Hall–Kier alpha value is -1.90. The van der Waals surface area contributed by atoms with Crippen molar-refractivity contribution in [3.05, 3.63) is 54.0 Å². The van der Waals surface area contributed by atoms with E-state index in [9.17, 15) is 4.39 Å². The summed E-state index contributed by atoms with van der Waals surface area (Å²) in [5.41, 5.74) is 2.23. The molecule has 0 bridgehead atoms. The predicted molar refractivity (Wildman–Crippen MR) is 68.1 cm³/mol. The van der Waals surface area contributed by atoms with E-state index in [1.54, 1.807) is 6.07 Å². The number of hydrogen-bond acceptors (Lipinski definition) is 2. The van der Waals surface area contributed by atoms with Crippen LogP contribution in [0.3, 0.4) is 0 Å². The first-order chi connectivity index (χ1) is 8.20. The minimum absolute atomic E-state index is 0.451. The van der Waals surface area contributed by atoms with E-state index in [0.717, 1.165) is 12.2 Å². The van der Waals surface area contributed by atoms with Crippen LogP contribution in [-0.2, 0) is 0 Å². The molecule has 3 heteroatoms. The molecule has 88 valence electrons. The van der Waals surface area contributed by atoms with E-state index in [1.165, 1.54) is 11.6 Å². The normalized spacial score (nSPS) is 10.3. The third-order valence-electron chi connectivity index (χ3n) is 2.64. The zero-order chi connectivity index (χ0) is 12.3. The van der Waals surface area contributed by atoms with Crippen LogP contribution in [0.5, 0.6) is 0 Å². The molecule has 1 heterocycles. The van der Waals surface area contributed by atoms with Crippen molar-refractivity contribution in [1.29, 1.82) is 0 Å². The first kappa shape index (κ1) is 11.6. The molecular weight excluding hydrogens is 215 g/mol. The van der Waals surface area contributed by atoms with Crippen LogP contribution in [0.4, 0.5) is 15.9 Å². The van der Waals surface area contributed by atoms with Gasteiger partial charge in [0.15, 0.2) is 0 Å². The maximum Gasteiger partial charge on any atom is 0.214 e. The number of halogens is 1. The van der Waals surface area contributed by atoms with Crippen molar-refractivity contribution in [3.63, 3.8) is 0 Å². The van der Waals surface area contributed by atoms with Gasteiger partial charge in [0, 0.05) is 12.2 Å². The molecule has 2 aromatic rings. The molecule has 17 heavy (non-hydrogen) atoms. The molecule has 0 radical (unpaired) electrons. The maximum atomic E-state index is 13.1. The van der Waals surface area contributed by atoms with E-state index in [-0.39, 0.29) is 0 Å². The Kier molecular flexibility index (Phi) is 3.38. The average Bonchev–Trinajstić information content (AvgIpc) is 2.33. The molecule has 2 nitrogen and oxygen atoms in total. The van der Waals surface area contributed by atoms with Gasteiger partial charge in [-0.2, -0.15) is 4.39 Å². The van der Waals surface area contributed by atoms with E-state index in [2.05, 4.69) is 4.98 Å². The molecule has 0 saturated heterocycles. The number of benzene rings is 1. The highest BCUT2D eigenvalue weighted by atomic mass is 19.1. The molecule has 0 N–H and O–H groups in total. The minimum Gasteiger partial charge on any atom is -0.327 e. The Morgan fingerprint density at radius 3 is 2.41 bits per heavy atom. The summed E-state index contributed by atoms with van der Waals surface area (Å²) in [4.78, 5) is 5.88. The molecule has 0 amide bonds. The Labute approximate surface area is 101 Å². The van der Waals surface area contributed by atoms with Crippen molar-refractivity contribution in [2.45, 2.75) is 13.8 Å². The van der Waals surface area contributed by atoms with Crippen LogP contribution in [0.1, 0.15) is 12.5 Å². The molecule has 1 aromatic carbocycles. The summed E-state index contributed by atoms with van der Waals surface area (Å²) in [7, 11) is 0. The lowest BCUT2D eigenvalue weighted by Crippen LogP contribution is -2.17. The molecule has 1 aromatic heterocycles. The fraction of sp³-hybridized carbons (Fsp3) is 0.214. The third-order valence-corrected chi connectivity index (χ3v) is 2.64. The van der Waals surface area contributed by atoms with Crippen molar-refractivity contribution >= 4 is 11.5 Å². The second-order valence-corrected chi connectivity index (χ2v) is 3.90. The smallest absolute Gasteiger partial charge is 0.214 e. The molecule has 0 atom stereocenters. The maximum absolute atomic E-state index is 13.1. The largest absolute Gasteiger partial charge is 0.327 e. The van der Waals surface area contributed by atoms with Crippen LogP contribution in [-0.4, -0.2) is 11.5 Å². The van der Waals surface area contributed by atoms with Gasteiger partial charge in [-0.3, -0.25) is 0 Å². The summed E-state index contributed by atoms with van der Waals surface area (Å²) >= 11 is 0. The molecule has 0 fully saturated rings. The highest BCUT2D eigenvalue weighted by Crippen LogP contribution is 2.23. The van der Waals surface area contributed by atoms with E-state index < -0.39 is 5.95 Å². The van der Waals surface area contributed by atoms with Crippen LogP contribution in [0.25, 0.3) is 0 Å². The van der Waals surface area contributed by atoms with Gasteiger partial charge in [-0.25, -0.2) is 4.98 Å². The van der Waals surface area contributed by atoms with Crippen LogP contribution in [0, 0.1) is 12.9 Å². The summed E-state index contributed by atoms with van der Waals surface area (Å²) in [6.07, 6.45) is 0. The number of anilines is 2. The Morgan fingerprint density at radius 1 is 1.12 bits per heavy atom. The molecule has 0 unspecified atom stereocenters. The summed E-state index contributed by atoms with van der Waals surface area (Å²) < 4.78 is 13.1. The zero-order valence-corrected chi connectivity index (χ0v) is 10.0. The lowest BCUT2D eigenvalue weighted by Gasteiger charge is -2.22. The number of aryl methyl sites for hydroxylation is 1. The van der Waals surface area contributed by atoms with Crippen LogP contribution < -0.4 is 4.90 Å². The molecule has 0 spiro atoms. The third kappa shape index (κ3) is 2.61. The fourth-order valence-electron chi connectivity index (χ4n) is 1.75. The molecule has 0 aliphatic carbocycles. The van der Waals surface area contributed by atoms with Gasteiger partial charge < -0.3 is 4.90 Å². The molecule has 0 aliphatic heterocycles. The minimum atomic E-state index is -0.451. The summed E-state index contributed by atoms with van der Waals surface area (Å²) in [5.74, 6) is 0.185. The number of pyridine rings is 1. The molecule has 2 rings (SSSR count). The molecule has 0 saturated carbocycles. The Morgan fingerprint density at radius 2 is 1.82 bits per heavy atom. The summed E-state index contributed by atoms with van der Waals surface area (Å²) in [5, 5.41) is 0. The highest BCUT2D eigenvalue weighted by Gasteiger charge is 2.08. The van der Waals surface area contributed by atoms with Gasteiger partial charge in [0.25, 0.3) is 0 Å². The SMILES string of the molecule is CCN(c1ccc(C)cc1)c1cccc(F)n1. The number of hydrogen-bond donors (Lipinski definition) is 0. The number of rotatable bonds is 3. The molecule has 0 aliphatic rings. The van der Waals surface area contributed by atoms with Gasteiger partial charge >= 0.3 is 0 Å². The van der Waals surface area contributed by atoms with E-state index in [0.29, 0.717) is 5.82 Å². The molecular formula is C14H15FN2. The van der Waals surface area contributed by atoms with Crippen LogP contribution in [0.15, 0.2) is 42.5 Å². The number of nitrogens with zero attached hydrogens (tertiary/aromatic N) is 2. The van der Waals surface area contributed by atoms with E-state index >= 15 is 0 Å². The topological polar surface area (TPSA) is 16.1 Å². The van der Waals surface area contributed by atoms with Gasteiger partial charge in [-0.05, 0) is 38.1 Å². The van der Waals surface area contributed by atoms with Gasteiger partial charge in [0.2, 0.25) is 5.95 Å². The van der Waals surface area contributed by atoms with Crippen molar-refractivity contribution in [2.24, 2.45) is 0 Å². The quantitative estimate of drug-likeness (QED) is 0.747. The monoisotopic (exact) mass is 230 g/mol. The first-order valence-corrected chi connectivity index (χ1v) is 5.67. The Bertz CT molecular complexity index is 494. The highest BCUT2D eigenvalue weighted by molar-refractivity contribution is 5.59. The van der Waals surface area contributed by atoms with Crippen molar-refractivity contribution in [1.82, 2.24) is 4.98 Å². The van der Waals surface area contributed by atoms with Gasteiger partial charge in [0.1, 0.15) is 5.82 Å². The van der Waals surface area contributed by atoms with Crippen LogP contribution in [0.2, 0.25) is 0 Å². The van der Waals surface area contributed by atoms with Gasteiger partial charge in [0.05, 0.1) is 0 Å². The van der Waals surface area contributed by atoms with Crippen molar-refractivity contribution in [3.8, 4) is 0 Å². The van der Waals surface area contributed by atoms with Gasteiger partial charge in [-0.1, -0.05) is 23.8 Å². The summed E-state index contributed by atoms with van der Waals surface area (Å²) in [6, 6.07) is 13.0. The summed E-state index contributed by atoms with van der Waals surface area (Å²) in [6.45, 7) is 4.81. The lowest BCUT2D eigenvalue weighted by molar-refractivity contribution is 0.583. The first-order valence-electron chi connectivity index (χ1n) is 5.67. The Balaban J connectivity index is 2.36. The van der Waals surface area contributed by atoms with Gasteiger partial charge in [-0.15, -0.1) is 0 Å². The van der Waals surface area contributed by atoms with E-state index in [4.69, 9.17) is 0 Å². The number of aromatic nitrogens is 1. The zero-order valence-electron chi connectivity index (χ0n) is 10.0. The van der Waals surface area contributed by atoms with Crippen molar-refractivity contribution < 1.29 is 4.39 Å². The van der Waals surface area contributed by atoms with Crippen LogP contribution >= 0.6 is 0 Å². The van der Waals surface area contributed by atoms with Crippen molar-refractivity contribution in [2.75, 3.05) is 11.4 Å². The standard InChI is InChI=1S/C14H15FN2/c1-3-17(12-9-7-11(2)8-10-12)14-6-4-5-13(15)16-14/h4-10H,3H2,1-2H3. The predicted octanol–water partition coefficient (Wildman–Crippen LogP) is 3.69. The second-order valence-electron chi connectivity index (χ2n) is 3.90. The lowest BCUT2D eigenvalue weighted by atomic mass is 10.2. The fourth-order valence-corrected chi connectivity index (χ4v) is 1.75. The van der Waals surface area contributed by atoms with E-state index in [1.807, 2.05) is 49.1 Å². The average molecular weight is 230 g/mol.